The quantitative estimate of drug-likeness (QED) is 0.782. The number of aromatic carboxylic acids is 1. The van der Waals surface area contributed by atoms with E-state index >= 15 is 0 Å². The van der Waals surface area contributed by atoms with E-state index in [2.05, 4.69) is 15.2 Å². The zero-order valence-corrected chi connectivity index (χ0v) is 8.66. The Kier molecular flexibility index (Phi) is 4.09. The van der Waals surface area contributed by atoms with Crippen LogP contribution in [-0.2, 0) is 0 Å². The lowest BCUT2D eigenvalue weighted by atomic mass is 10.2. The predicted molar refractivity (Wildman–Crippen MR) is 55.4 cm³/mol. The van der Waals surface area contributed by atoms with Crippen molar-refractivity contribution < 1.29 is 9.90 Å². The molecule has 16 heavy (non-hydrogen) atoms. The summed E-state index contributed by atoms with van der Waals surface area (Å²) in [6.45, 7) is 1.73. The van der Waals surface area contributed by atoms with Gasteiger partial charge in [-0.25, -0.2) is 4.79 Å². The van der Waals surface area contributed by atoms with Gasteiger partial charge in [-0.15, -0.1) is 0 Å². The second-order valence-corrected chi connectivity index (χ2v) is 3.12. The standard InChI is InChI=1S/C10H10N4O2/c1-7(2-4-11)13-14-9-3-5-12-6-8(9)10(15)16/h3,5-7H,2H2,1H3,(H,15,16). The van der Waals surface area contributed by atoms with Crippen molar-refractivity contribution in [2.45, 2.75) is 19.4 Å². The Morgan fingerprint density at radius 3 is 3.12 bits per heavy atom. The summed E-state index contributed by atoms with van der Waals surface area (Å²) in [4.78, 5) is 14.5. The summed E-state index contributed by atoms with van der Waals surface area (Å²) < 4.78 is 0. The number of hydrogen-bond acceptors (Lipinski definition) is 5. The number of nitrogens with zero attached hydrogens (tertiary/aromatic N) is 4. The largest absolute Gasteiger partial charge is 0.478 e. The van der Waals surface area contributed by atoms with Gasteiger partial charge in [0, 0.05) is 12.4 Å². The van der Waals surface area contributed by atoms with Crippen molar-refractivity contribution in [3.05, 3.63) is 24.0 Å². The van der Waals surface area contributed by atoms with Crippen LogP contribution >= 0.6 is 0 Å². The van der Waals surface area contributed by atoms with Crippen LogP contribution in [0.3, 0.4) is 0 Å². The van der Waals surface area contributed by atoms with Gasteiger partial charge in [-0.1, -0.05) is 0 Å². The van der Waals surface area contributed by atoms with Gasteiger partial charge in [0.15, 0.2) is 0 Å². The monoisotopic (exact) mass is 218 g/mol. The summed E-state index contributed by atoms with van der Waals surface area (Å²) in [5, 5.41) is 24.9. The summed E-state index contributed by atoms with van der Waals surface area (Å²) in [5.74, 6) is -1.10. The second-order valence-electron chi connectivity index (χ2n) is 3.12. The first-order valence-corrected chi connectivity index (χ1v) is 4.60. The Labute approximate surface area is 92.3 Å². The Morgan fingerprint density at radius 2 is 2.50 bits per heavy atom. The lowest BCUT2D eigenvalue weighted by Crippen LogP contribution is -1.98. The molecule has 1 atom stereocenters. The fourth-order valence-electron chi connectivity index (χ4n) is 0.973. The van der Waals surface area contributed by atoms with Gasteiger partial charge < -0.3 is 5.11 Å². The van der Waals surface area contributed by atoms with Crippen LogP contribution in [0.2, 0.25) is 0 Å². The topological polar surface area (TPSA) is 98.7 Å². The first kappa shape index (κ1) is 11.8. The van der Waals surface area contributed by atoms with E-state index in [0.717, 1.165) is 0 Å². The van der Waals surface area contributed by atoms with E-state index in [9.17, 15) is 4.79 Å². The first-order chi connectivity index (χ1) is 7.65. The van der Waals surface area contributed by atoms with Gasteiger partial charge in [0.25, 0.3) is 0 Å². The lowest BCUT2D eigenvalue weighted by molar-refractivity contribution is 0.0697. The highest BCUT2D eigenvalue weighted by atomic mass is 16.4. The summed E-state index contributed by atoms with van der Waals surface area (Å²) in [6, 6.07) is 3.17. The van der Waals surface area contributed by atoms with Gasteiger partial charge in [-0.3, -0.25) is 4.98 Å². The molecule has 0 aliphatic rings. The molecule has 1 aromatic rings. The number of carboxylic acid groups (broad SMARTS) is 1. The number of nitriles is 1. The third-order valence-corrected chi connectivity index (χ3v) is 1.78. The van der Waals surface area contributed by atoms with Gasteiger partial charge in [0.05, 0.1) is 18.5 Å². The Morgan fingerprint density at radius 1 is 1.75 bits per heavy atom. The van der Waals surface area contributed by atoms with Crippen LogP contribution in [0.1, 0.15) is 23.7 Å². The van der Waals surface area contributed by atoms with E-state index in [1.54, 1.807) is 6.92 Å². The maximum atomic E-state index is 10.8. The molecular weight excluding hydrogens is 208 g/mol. The van der Waals surface area contributed by atoms with Crippen LogP contribution in [0.15, 0.2) is 28.7 Å². The molecule has 0 aromatic carbocycles. The Balaban J connectivity index is 2.89. The van der Waals surface area contributed by atoms with Crippen molar-refractivity contribution in [1.29, 1.82) is 5.26 Å². The van der Waals surface area contributed by atoms with Crippen molar-refractivity contribution in [1.82, 2.24) is 4.98 Å². The van der Waals surface area contributed by atoms with E-state index in [1.165, 1.54) is 18.5 Å². The average molecular weight is 218 g/mol. The summed E-state index contributed by atoms with van der Waals surface area (Å²) in [6.07, 6.45) is 2.90. The number of pyridine rings is 1. The molecule has 0 saturated carbocycles. The van der Waals surface area contributed by atoms with Gasteiger partial charge in [0.2, 0.25) is 0 Å². The number of carboxylic acids is 1. The molecule has 0 fully saturated rings. The van der Waals surface area contributed by atoms with Crippen molar-refractivity contribution >= 4 is 11.7 Å². The predicted octanol–water partition coefficient (Wildman–Crippen LogP) is 2.17. The zero-order valence-electron chi connectivity index (χ0n) is 8.66. The van der Waals surface area contributed by atoms with E-state index < -0.39 is 5.97 Å². The fraction of sp³-hybridized carbons (Fsp3) is 0.300. The second kappa shape index (κ2) is 5.56. The summed E-state index contributed by atoms with van der Waals surface area (Å²) in [5.41, 5.74) is 0.239. The van der Waals surface area contributed by atoms with Gasteiger partial charge >= 0.3 is 5.97 Å². The minimum Gasteiger partial charge on any atom is -0.478 e. The smallest absolute Gasteiger partial charge is 0.339 e. The van der Waals surface area contributed by atoms with Crippen molar-refractivity contribution in [2.24, 2.45) is 10.2 Å². The molecule has 1 aromatic heterocycles. The van der Waals surface area contributed by atoms with Crippen LogP contribution in [0, 0.1) is 11.3 Å². The zero-order chi connectivity index (χ0) is 12.0. The molecule has 6 nitrogen and oxygen atoms in total. The average Bonchev–Trinajstić information content (AvgIpc) is 2.27. The maximum absolute atomic E-state index is 10.8. The van der Waals surface area contributed by atoms with Crippen molar-refractivity contribution in [3.8, 4) is 6.07 Å². The molecule has 0 radical (unpaired) electrons. The van der Waals surface area contributed by atoms with Crippen LogP contribution in [0.5, 0.6) is 0 Å². The van der Waals surface area contributed by atoms with E-state index in [0.29, 0.717) is 0 Å². The van der Waals surface area contributed by atoms with Crippen LogP contribution in [0.25, 0.3) is 0 Å². The van der Waals surface area contributed by atoms with Crippen LogP contribution < -0.4 is 0 Å². The molecule has 0 saturated heterocycles. The minimum atomic E-state index is -1.10. The SMILES string of the molecule is CC(CC#N)N=Nc1ccncc1C(=O)O. The Hall–Kier alpha value is -2.29. The normalized spacial score (nSPS) is 12.2. The highest BCUT2D eigenvalue weighted by molar-refractivity contribution is 5.92. The van der Waals surface area contributed by atoms with Crippen molar-refractivity contribution in [2.75, 3.05) is 0 Å². The minimum absolute atomic E-state index is 0.00425. The molecule has 0 spiro atoms. The molecule has 1 unspecified atom stereocenters. The highest BCUT2D eigenvalue weighted by Crippen LogP contribution is 2.18. The Bertz CT molecular complexity index is 450. The van der Waals surface area contributed by atoms with Gasteiger partial charge in [-0.2, -0.15) is 15.5 Å². The highest BCUT2D eigenvalue weighted by Gasteiger charge is 2.09. The molecule has 82 valence electrons. The molecule has 6 heteroatoms. The van der Waals surface area contributed by atoms with Crippen molar-refractivity contribution in [3.63, 3.8) is 0 Å². The number of carbonyl (C=O) groups is 1. The summed E-state index contributed by atoms with van der Waals surface area (Å²) in [7, 11) is 0. The molecule has 1 rings (SSSR count). The number of rotatable bonds is 4. The third-order valence-electron chi connectivity index (χ3n) is 1.78. The van der Waals surface area contributed by atoms with E-state index in [1.807, 2.05) is 6.07 Å². The van der Waals surface area contributed by atoms with Crippen LogP contribution in [0.4, 0.5) is 5.69 Å². The molecular formula is C10H10N4O2. The molecule has 1 heterocycles. The molecule has 0 aliphatic carbocycles. The number of aromatic nitrogens is 1. The number of azo groups is 1. The van der Waals surface area contributed by atoms with Crippen LogP contribution in [-0.4, -0.2) is 22.1 Å². The van der Waals surface area contributed by atoms with Gasteiger partial charge in [-0.05, 0) is 13.0 Å². The summed E-state index contributed by atoms with van der Waals surface area (Å²) >= 11 is 0. The molecule has 0 bridgehead atoms. The third kappa shape index (κ3) is 3.13. The molecule has 0 aliphatic heterocycles. The first-order valence-electron chi connectivity index (χ1n) is 4.60. The fourth-order valence-corrected chi connectivity index (χ4v) is 0.973. The van der Waals surface area contributed by atoms with Gasteiger partial charge in [0.1, 0.15) is 11.3 Å². The lowest BCUT2D eigenvalue weighted by Gasteiger charge is -2.00. The molecule has 0 amide bonds. The van der Waals surface area contributed by atoms with E-state index in [-0.39, 0.29) is 23.7 Å². The maximum Gasteiger partial charge on any atom is 0.339 e. The molecule has 1 N–H and O–H groups in total. The van der Waals surface area contributed by atoms with E-state index in [4.69, 9.17) is 10.4 Å². The number of hydrogen-bond donors (Lipinski definition) is 1.